The van der Waals surface area contributed by atoms with Gasteiger partial charge in [0, 0.05) is 51.3 Å². The van der Waals surface area contributed by atoms with Gasteiger partial charge in [0.15, 0.2) is 5.82 Å². The summed E-state index contributed by atoms with van der Waals surface area (Å²) in [5.41, 5.74) is 2.04. The van der Waals surface area contributed by atoms with E-state index in [1.807, 2.05) is 24.1 Å². The molecule has 3 heterocycles. The van der Waals surface area contributed by atoms with Crippen molar-refractivity contribution in [3.05, 3.63) is 30.0 Å². The number of anilines is 4. The quantitative estimate of drug-likeness (QED) is 0.656. The SMILES string of the molecule is COc1cc(C(=O)NC2CCCN(C)C2)ccc1N(C)c1ncc2c(n1)N(C1CC1)CCC(=O)N2C. The summed E-state index contributed by atoms with van der Waals surface area (Å²) in [5, 5.41) is 3.15. The van der Waals surface area contributed by atoms with E-state index in [-0.39, 0.29) is 17.9 Å². The molecule has 5 rings (SSSR count). The van der Waals surface area contributed by atoms with Gasteiger partial charge in [-0.25, -0.2) is 4.98 Å². The van der Waals surface area contributed by atoms with Gasteiger partial charge in [-0.15, -0.1) is 0 Å². The van der Waals surface area contributed by atoms with Gasteiger partial charge in [0.25, 0.3) is 5.91 Å². The van der Waals surface area contributed by atoms with Crippen LogP contribution in [-0.4, -0.2) is 86.7 Å². The normalized spacial score (nSPS) is 20.6. The van der Waals surface area contributed by atoms with Gasteiger partial charge in [0.2, 0.25) is 11.9 Å². The van der Waals surface area contributed by atoms with Gasteiger partial charge in [-0.05, 0) is 57.5 Å². The van der Waals surface area contributed by atoms with Crippen molar-refractivity contribution in [1.82, 2.24) is 20.2 Å². The number of amides is 2. The molecular weight excluding hydrogens is 458 g/mol. The highest BCUT2D eigenvalue weighted by atomic mass is 16.5. The molecule has 0 spiro atoms. The highest BCUT2D eigenvalue weighted by Crippen LogP contribution is 2.40. The largest absolute Gasteiger partial charge is 0.495 e. The summed E-state index contributed by atoms with van der Waals surface area (Å²) in [6, 6.07) is 6.01. The van der Waals surface area contributed by atoms with Crippen LogP contribution in [-0.2, 0) is 4.79 Å². The molecule has 36 heavy (non-hydrogen) atoms. The number of rotatable bonds is 6. The lowest BCUT2D eigenvalue weighted by Gasteiger charge is -2.30. The predicted molar refractivity (Wildman–Crippen MR) is 139 cm³/mol. The van der Waals surface area contributed by atoms with E-state index in [1.54, 1.807) is 31.3 Å². The number of likely N-dealkylation sites (tertiary alicyclic amines) is 1. The molecule has 192 valence electrons. The highest BCUT2D eigenvalue weighted by molar-refractivity contribution is 5.98. The van der Waals surface area contributed by atoms with E-state index >= 15 is 0 Å². The van der Waals surface area contributed by atoms with Crippen molar-refractivity contribution in [3.8, 4) is 5.75 Å². The first-order chi connectivity index (χ1) is 17.4. The van der Waals surface area contributed by atoms with E-state index in [0.717, 1.165) is 56.0 Å². The van der Waals surface area contributed by atoms with Gasteiger partial charge in [-0.3, -0.25) is 9.59 Å². The molecule has 2 amide bonds. The minimum Gasteiger partial charge on any atom is -0.495 e. The van der Waals surface area contributed by atoms with Gasteiger partial charge in [0.1, 0.15) is 11.4 Å². The standard InChI is InChI=1S/C26H35N7O3/c1-30-12-5-6-18(16-30)28-25(35)17-7-10-20(22(14-17)36-4)32(3)26-27-15-21-24(29-26)33(19-8-9-19)13-11-23(34)31(21)2/h7,10,14-15,18-19H,5-6,8-9,11-13,16H2,1-4H3,(H,28,35). The number of carbonyl (C=O) groups is 2. The molecule has 0 bridgehead atoms. The number of nitrogens with zero attached hydrogens (tertiary/aromatic N) is 6. The fourth-order valence-electron chi connectivity index (χ4n) is 5.09. The maximum absolute atomic E-state index is 12.9. The van der Waals surface area contributed by atoms with Crippen molar-refractivity contribution in [2.24, 2.45) is 0 Å². The molecule has 0 radical (unpaired) electrons. The Morgan fingerprint density at radius 1 is 1.19 bits per heavy atom. The Morgan fingerprint density at radius 2 is 2.00 bits per heavy atom. The molecule has 2 fully saturated rings. The molecule has 2 aliphatic heterocycles. The summed E-state index contributed by atoms with van der Waals surface area (Å²) in [6.07, 6.45) is 6.48. The fraction of sp³-hybridized carbons (Fsp3) is 0.538. The number of fused-ring (bicyclic) bond motifs is 1. The second kappa shape index (κ2) is 9.93. The first-order valence-corrected chi connectivity index (χ1v) is 12.7. The van der Waals surface area contributed by atoms with Crippen molar-refractivity contribution < 1.29 is 14.3 Å². The van der Waals surface area contributed by atoms with Crippen molar-refractivity contribution >= 4 is 35.0 Å². The zero-order valence-corrected chi connectivity index (χ0v) is 21.5. The molecule has 1 atom stereocenters. The Hall–Kier alpha value is -3.40. The minimum atomic E-state index is -0.100. The van der Waals surface area contributed by atoms with Crippen molar-refractivity contribution in [1.29, 1.82) is 0 Å². The number of carbonyl (C=O) groups excluding carboxylic acids is 2. The van der Waals surface area contributed by atoms with Crippen molar-refractivity contribution in [2.75, 3.05) is 62.6 Å². The van der Waals surface area contributed by atoms with Crippen LogP contribution in [0.4, 0.5) is 23.1 Å². The van der Waals surface area contributed by atoms with Gasteiger partial charge < -0.3 is 29.7 Å². The van der Waals surface area contributed by atoms with Crippen LogP contribution in [0.15, 0.2) is 24.4 Å². The maximum atomic E-state index is 12.9. The van der Waals surface area contributed by atoms with Crippen LogP contribution in [0.5, 0.6) is 5.75 Å². The molecule has 1 saturated heterocycles. The summed E-state index contributed by atoms with van der Waals surface area (Å²) in [5.74, 6) is 1.82. The fourth-order valence-corrected chi connectivity index (χ4v) is 5.09. The van der Waals surface area contributed by atoms with Crippen LogP contribution in [0.3, 0.4) is 0 Å². The zero-order chi connectivity index (χ0) is 25.4. The number of hydrogen-bond donors (Lipinski definition) is 1. The van der Waals surface area contributed by atoms with E-state index < -0.39 is 0 Å². The van der Waals surface area contributed by atoms with Crippen LogP contribution in [0.2, 0.25) is 0 Å². The van der Waals surface area contributed by atoms with Crippen LogP contribution in [0.25, 0.3) is 0 Å². The molecule has 1 aromatic heterocycles. The lowest BCUT2D eigenvalue weighted by Crippen LogP contribution is -2.46. The lowest BCUT2D eigenvalue weighted by molar-refractivity contribution is -0.118. The number of ether oxygens (including phenoxy) is 1. The Morgan fingerprint density at radius 3 is 2.72 bits per heavy atom. The number of benzene rings is 1. The summed E-state index contributed by atoms with van der Waals surface area (Å²) >= 11 is 0. The molecule has 1 unspecified atom stereocenters. The van der Waals surface area contributed by atoms with Crippen molar-refractivity contribution in [3.63, 3.8) is 0 Å². The van der Waals surface area contributed by atoms with Crippen LogP contribution in [0.1, 0.15) is 42.5 Å². The molecule has 1 saturated carbocycles. The number of likely N-dealkylation sites (N-methyl/N-ethyl adjacent to an activating group) is 1. The molecule has 1 aliphatic carbocycles. The van der Waals surface area contributed by atoms with E-state index in [4.69, 9.17) is 9.72 Å². The number of nitrogens with one attached hydrogen (secondary N) is 1. The Labute approximate surface area is 212 Å². The molecule has 1 N–H and O–H groups in total. The van der Waals surface area contributed by atoms with Crippen molar-refractivity contribution in [2.45, 2.75) is 44.2 Å². The Kier molecular flexibility index (Phi) is 6.70. The number of methoxy groups -OCH3 is 1. The molecule has 1 aromatic carbocycles. The summed E-state index contributed by atoms with van der Waals surface area (Å²) < 4.78 is 5.67. The average Bonchev–Trinajstić information content (AvgIpc) is 3.73. The highest BCUT2D eigenvalue weighted by Gasteiger charge is 2.36. The third-order valence-electron chi connectivity index (χ3n) is 7.36. The van der Waals surface area contributed by atoms with Gasteiger partial charge in [-0.2, -0.15) is 4.98 Å². The molecule has 3 aliphatic rings. The smallest absolute Gasteiger partial charge is 0.251 e. The lowest BCUT2D eigenvalue weighted by atomic mass is 10.1. The van der Waals surface area contributed by atoms with Gasteiger partial charge >= 0.3 is 0 Å². The summed E-state index contributed by atoms with van der Waals surface area (Å²) in [7, 11) is 7.33. The average molecular weight is 494 g/mol. The van der Waals surface area contributed by atoms with Crippen LogP contribution in [0, 0.1) is 0 Å². The van der Waals surface area contributed by atoms with Gasteiger partial charge in [-0.1, -0.05) is 0 Å². The molecular formula is C26H35N7O3. The predicted octanol–water partition coefficient (Wildman–Crippen LogP) is 2.41. The second-order valence-electron chi connectivity index (χ2n) is 10.0. The molecule has 10 heteroatoms. The van der Waals surface area contributed by atoms with E-state index in [2.05, 4.69) is 27.1 Å². The first-order valence-electron chi connectivity index (χ1n) is 12.7. The van der Waals surface area contributed by atoms with Crippen LogP contribution < -0.4 is 24.8 Å². The first kappa shape index (κ1) is 24.3. The zero-order valence-electron chi connectivity index (χ0n) is 21.5. The molecule has 10 nitrogen and oxygen atoms in total. The third kappa shape index (κ3) is 4.82. The van der Waals surface area contributed by atoms with E-state index in [1.165, 1.54) is 0 Å². The van der Waals surface area contributed by atoms with Crippen LogP contribution >= 0.6 is 0 Å². The summed E-state index contributed by atoms with van der Waals surface area (Å²) in [4.78, 5) is 42.9. The van der Waals surface area contributed by atoms with E-state index in [9.17, 15) is 9.59 Å². The minimum absolute atomic E-state index is 0.0690. The maximum Gasteiger partial charge on any atom is 0.251 e. The topological polar surface area (TPSA) is 94.1 Å². The number of aromatic nitrogens is 2. The van der Waals surface area contributed by atoms with Gasteiger partial charge in [0.05, 0.1) is 19.0 Å². The third-order valence-corrected chi connectivity index (χ3v) is 7.36. The molecule has 2 aromatic rings. The summed E-state index contributed by atoms with van der Waals surface area (Å²) in [6.45, 7) is 2.58. The van der Waals surface area contributed by atoms with E-state index in [0.29, 0.717) is 36.3 Å². The number of piperidine rings is 1. The second-order valence-corrected chi connectivity index (χ2v) is 10.0. The Balaban J connectivity index is 1.40. The Bertz CT molecular complexity index is 1150. The monoisotopic (exact) mass is 493 g/mol. The number of hydrogen-bond acceptors (Lipinski definition) is 8.